The van der Waals surface area contributed by atoms with E-state index in [4.69, 9.17) is 25.9 Å². The monoisotopic (exact) mass is 381 g/mol. The Bertz CT molecular complexity index is 850. The van der Waals surface area contributed by atoms with Crippen molar-refractivity contribution in [3.63, 3.8) is 0 Å². The minimum Gasteiger partial charge on any atom is -0.481 e. The van der Waals surface area contributed by atoms with Gasteiger partial charge in [-0.3, -0.25) is 9.59 Å². The summed E-state index contributed by atoms with van der Waals surface area (Å²) in [7, 11) is 0. The third-order valence-electron chi connectivity index (χ3n) is 4.25. The molecule has 1 atom stereocenters. The number of halogens is 2. The molecular weight excluding hydrogens is 365 g/mol. The number of amides is 1. The number of carboxylic acids is 1. The lowest BCUT2D eigenvalue weighted by molar-refractivity contribution is -0.136. The first kappa shape index (κ1) is 18.4. The summed E-state index contributed by atoms with van der Waals surface area (Å²) in [6, 6.07) is 4.31. The van der Waals surface area contributed by atoms with Crippen molar-refractivity contribution in [1.82, 2.24) is 4.90 Å². The Hall–Kier alpha value is -2.38. The predicted molar refractivity (Wildman–Crippen MR) is 90.8 cm³/mol. The minimum atomic E-state index is -1.07. The number of rotatable bonds is 4. The zero-order chi connectivity index (χ0) is 18.8. The normalized spacial score (nSPS) is 17.3. The maximum atomic E-state index is 13.4. The van der Waals surface area contributed by atoms with E-state index < -0.39 is 17.9 Å². The van der Waals surface area contributed by atoms with E-state index in [2.05, 4.69) is 0 Å². The number of nitrogens with zero attached hydrogens (tertiary/aromatic N) is 1. The molecule has 1 fully saturated rings. The van der Waals surface area contributed by atoms with Gasteiger partial charge in [-0.05, 0) is 24.6 Å². The molecule has 1 amide bonds. The highest BCUT2D eigenvalue weighted by Crippen LogP contribution is 2.28. The Morgan fingerprint density at radius 1 is 1.42 bits per heavy atom. The molecule has 138 valence electrons. The molecule has 1 aliphatic rings. The topological polar surface area (TPSA) is 80.0 Å². The second-order valence-corrected chi connectivity index (χ2v) is 6.48. The van der Waals surface area contributed by atoms with Gasteiger partial charge in [-0.2, -0.15) is 0 Å². The summed E-state index contributed by atoms with van der Waals surface area (Å²) in [5, 5.41) is 8.97. The molecule has 1 N–H and O–H groups in total. The second kappa shape index (κ2) is 7.47. The van der Waals surface area contributed by atoms with Gasteiger partial charge in [0.05, 0.1) is 30.0 Å². The van der Waals surface area contributed by atoms with Gasteiger partial charge in [0, 0.05) is 12.1 Å². The van der Waals surface area contributed by atoms with Gasteiger partial charge in [0.2, 0.25) is 0 Å². The van der Waals surface area contributed by atoms with E-state index in [0.717, 1.165) is 0 Å². The quantitative estimate of drug-likeness (QED) is 0.879. The predicted octanol–water partition coefficient (Wildman–Crippen LogP) is 3.22. The number of carbonyl (C=O) groups is 2. The molecular formula is C18H17ClFNO5. The molecule has 1 aromatic heterocycles. The van der Waals surface area contributed by atoms with Crippen molar-refractivity contribution in [1.29, 1.82) is 0 Å². The molecule has 0 saturated carbocycles. The van der Waals surface area contributed by atoms with E-state index >= 15 is 0 Å². The molecule has 1 aromatic carbocycles. The van der Waals surface area contributed by atoms with Crippen LogP contribution < -0.4 is 0 Å². The summed E-state index contributed by atoms with van der Waals surface area (Å²) in [6.45, 7) is 2.61. The number of furan rings is 1. The van der Waals surface area contributed by atoms with Crippen LogP contribution in [0.2, 0.25) is 5.02 Å². The van der Waals surface area contributed by atoms with Crippen LogP contribution in [-0.2, 0) is 16.0 Å². The van der Waals surface area contributed by atoms with E-state index in [1.54, 1.807) is 17.9 Å². The summed E-state index contributed by atoms with van der Waals surface area (Å²) < 4.78 is 24.3. The Balaban J connectivity index is 1.81. The van der Waals surface area contributed by atoms with Crippen molar-refractivity contribution in [3.8, 4) is 0 Å². The average Bonchev–Trinajstić information content (AvgIpc) is 2.96. The first-order valence-corrected chi connectivity index (χ1v) is 8.39. The van der Waals surface area contributed by atoms with Crippen LogP contribution in [0, 0.1) is 12.7 Å². The van der Waals surface area contributed by atoms with Gasteiger partial charge in [0.15, 0.2) is 0 Å². The molecule has 3 rings (SSSR count). The summed E-state index contributed by atoms with van der Waals surface area (Å²) in [5.41, 5.74) is 1.52. The Kier molecular flexibility index (Phi) is 5.29. The van der Waals surface area contributed by atoms with Crippen LogP contribution in [0.4, 0.5) is 4.39 Å². The number of carboxylic acid groups (broad SMARTS) is 1. The van der Waals surface area contributed by atoms with Gasteiger partial charge in [0.25, 0.3) is 5.91 Å². The zero-order valence-corrected chi connectivity index (χ0v) is 14.8. The molecule has 0 spiro atoms. The highest BCUT2D eigenvalue weighted by molar-refractivity contribution is 6.30. The lowest BCUT2D eigenvalue weighted by Crippen LogP contribution is -2.42. The third kappa shape index (κ3) is 3.73. The van der Waals surface area contributed by atoms with Crippen LogP contribution in [0.5, 0.6) is 0 Å². The molecule has 1 saturated heterocycles. The fraction of sp³-hybridized carbons (Fsp3) is 0.333. The van der Waals surface area contributed by atoms with Crippen molar-refractivity contribution in [2.24, 2.45) is 0 Å². The maximum absolute atomic E-state index is 13.4. The number of hydrogen-bond donors (Lipinski definition) is 1. The minimum absolute atomic E-state index is 0.0102. The van der Waals surface area contributed by atoms with Crippen molar-refractivity contribution in [2.75, 3.05) is 19.7 Å². The van der Waals surface area contributed by atoms with E-state index in [9.17, 15) is 14.0 Å². The number of aliphatic carboxylic acids is 1. The first-order valence-electron chi connectivity index (χ1n) is 8.01. The maximum Gasteiger partial charge on any atom is 0.311 e. The number of benzene rings is 1. The molecule has 0 radical (unpaired) electrons. The third-order valence-corrected chi connectivity index (χ3v) is 4.54. The van der Waals surface area contributed by atoms with Crippen LogP contribution in [0.15, 0.2) is 28.9 Å². The lowest BCUT2D eigenvalue weighted by Gasteiger charge is -2.33. The fourth-order valence-corrected chi connectivity index (χ4v) is 3.15. The Morgan fingerprint density at radius 2 is 2.19 bits per heavy atom. The average molecular weight is 382 g/mol. The van der Waals surface area contributed by atoms with E-state index in [1.807, 2.05) is 0 Å². The molecule has 2 aromatic rings. The summed E-state index contributed by atoms with van der Waals surface area (Å²) in [4.78, 5) is 25.5. The van der Waals surface area contributed by atoms with Crippen molar-refractivity contribution in [3.05, 3.63) is 57.8 Å². The number of morpholine rings is 1. The SMILES string of the molecule is Cc1coc(CC(=O)O)c1C(=O)N1CCOC(c2ccc(F)c(Cl)c2)C1. The number of aryl methyl sites for hydroxylation is 1. The molecule has 26 heavy (non-hydrogen) atoms. The lowest BCUT2D eigenvalue weighted by atomic mass is 10.0. The molecule has 0 aliphatic carbocycles. The van der Waals surface area contributed by atoms with Crippen molar-refractivity contribution >= 4 is 23.5 Å². The standard InChI is InChI=1S/C18H17ClFNO5/c1-10-9-26-14(7-16(22)23)17(10)18(24)21-4-5-25-15(8-21)11-2-3-13(20)12(19)6-11/h2-3,6,9,15H,4-5,7-8H2,1H3,(H,22,23). The molecule has 1 unspecified atom stereocenters. The van der Waals surface area contributed by atoms with Gasteiger partial charge in [0.1, 0.15) is 24.1 Å². The van der Waals surface area contributed by atoms with Crippen molar-refractivity contribution in [2.45, 2.75) is 19.4 Å². The largest absolute Gasteiger partial charge is 0.481 e. The molecule has 6 nitrogen and oxygen atoms in total. The molecule has 2 heterocycles. The highest BCUT2D eigenvalue weighted by atomic mass is 35.5. The van der Waals surface area contributed by atoms with Crippen LogP contribution in [0.1, 0.15) is 33.3 Å². The second-order valence-electron chi connectivity index (χ2n) is 6.07. The van der Waals surface area contributed by atoms with Gasteiger partial charge >= 0.3 is 5.97 Å². The summed E-state index contributed by atoms with van der Waals surface area (Å²) in [6.07, 6.45) is 0.570. The smallest absolute Gasteiger partial charge is 0.311 e. The van der Waals surface area contributed by atoms with Crippen LogP contribution in [0.25, 0.3) is 0 Å². The van der Waals surface area contributed by atoms with Crippen LogP contribution in [0.3, 0.4) is 0 Å². The number of ether oxygens (including phenoxy) is 1. The zero-order valence-electron chi connectivity index (χ0n) is 14.0. The Labute approximate surface area is 154 Å². The summed E-state index contributed by atoms with van der Waals surface area (Å²) in [5.74, 6) is -1.78. The van der Waals surface area contributed by atoms with Crippen LogP contribution >= 0.6 is 11.6 Å². The first-order chi connectivity index (χ1) is 12.4. The van der Waals surface area contributed by atoms with E-state index in [-0.39, 0.29) is 35.2 Å². The van der Waals surface area contributed by atoms with E-state index in [0.29, 0.717) is 24.3 Å². The van der Waals surface area contributed by atoms with Gasteiger partial charge in [-0.1, -0.05) is 17.7 Å². The van der Waals surface area contributed by atoms with Gasteiger partial charge in [-0.15, -0.1) is 0 Å². The molecule has 8 heteroatoms. The number of hydrogen-bond acceptors (Lipinski definition) is 4. The Morgan fingerprint density at radius 3 is 2.88 bits per heavy atom. The highest BCUT2D eigenvalue weighted by Gasteiger charge is 2.30. The van der Waals surface area contributed by atoms with Gasteiger partial charge in [-0.25, -0.2) is 4.39 Å². The molecule has 1 aliphatic heterocycles. The fourth-order valence-electron chi connectivity index (χ4n) is 2.96. The summed E-state index contributed by atoms with van der Waals surface area (Å²) >= 11 is 5.82. The molecule has 0 bridgehead atoms. The van der Waals surface area contributed by atoms with E-state index in [1.165, 1.54) is 18.4 Å². The van der Waals surface area contributed by atoms with Crippen LogP contribution in [-0.4, -0.2) is 41.6 Å². The van der Waals surface area contributed by atoms with Crippen molar-refractivity contribution < 1.29 is 28.2 Å². The number of carbonyl (C=O) groups excluding carboxylic acids is 1. The van der Waals surface area contributed by atoms with Gasteiger partial charge < -0.3 is 19.2 Å².